The van der Waals surface area contributed by atoms with Gasteiger partial charge < -0.3 is 19.7 Å². The lowest BCUT2D eigenvalue weighted by atomic mass is 10.0. The third-order valence-corrected chi connectivity index (χ3v) is 6.72. The van der Waals surface area contributed by atoms with Crippen molar-refractivity contribution in [2.75, 3.05) is 0 Å². The van der Waals surface area contributed by atoms with Crippen LogP contribution in [0.15, 0.2) is 109 Å². The number of nitrogens with zero attached hydrogens (tertiary/aromatic N) is 2. The summed E-state index contributed by atoms with van der Waals surface area (Å²) >= 11 is 0. The first-order chi connectivity index (χ1) is 19.1. The van der Waals surface area contributed by atoms with Crippen LogP contribution in [0.4, 0.5) is 0 Å². The van der Waals surface area contributed by atoms with E-state index in [4.69, 9.17) is 9.47 Å². The molecule has 39 heavy (non-hydrogen) atoms. The number of ether oxygens (including phenoxy) is 2. The second-order valence-electron chi connectivity index (χ2n) is 9.33. The number of phenols is 2. The standard InChI is InChI=1S/C33H26N2O4/c36-30-15-9-24(28-3-1-17-34-32(28)30)20-38-26-11-5-22(6-12-26)19-23-7-13-27(14-8-23)39-21-25-10-16-31(37)33-29(25)4-2-18-35-33/h1-18,36-37H,19-21H2. The molecular formula is C33H26N2O4. The Kier molecular flexibility index (Phi) is 6.66. The van der Waals surface area contributed by atoms with E-state index in [1.54, 1.807) is 24.5 Å². The number of pyridine rings is 2. The number of fused-ring (bicyclic) bond motifs is 2. The largest absolute Gasteiger partial charge is 0.506 e. The van der Waals surface area contributed by atoms with Crippen molar-refractivity contribution in [3.05, 3.63) is 132 Å². The van der Waals surface area contributed by atoms with Gasteiger partial charge in [0, 0.05) is 23.2 Å². The lowest BCUT2D eigenvalue weighted by Crippen LogP contribution is -1.98. The zero-order valence-corrected chi connectivity index (χ0v) is 21.1. The van der Waals surface area contributed by atoms with Gasteiger partial charge in [0.15, 0.2) is 0 Å². The Hall–Kier alpha value is -5.10. The van der Waals surface area contributed by atoms with Gasteiger partial charge in [0.1, 0.15) is 47.2 Å². The molecule has 0 atom stereocenters. The maximum absolute atomic E-state index is 10.0. The summed E-state index contributed by atoms with van der Waals surface area (Å²) in [4.78, 5) is 8.53. The Morgan fingerprint density at radius 2 is 0.949 bits per heavy atom. The molecule has 0 unspecified atom stereocenters. The van der Waals surface area contributed by atoms with Gasteiger partial charge in [-0.2, -0.15) is 0 Å². The fraction of sp³-hybridized carbons (Fsp3) is 0.0909. The normalized spacial score (nSPS) is 11.1. The molecule has 0 aliphatic carbocycles. The summed E-state index contributed by atoms with van der Waals surface area (Å²) in [5.74, 6) is 1.90. The molecule has 0 radical (unpaired) electrons. The van der Waals surface area contributed by atoms with E-state index < -0.39 is 0 Å². The summed E-state index contributed by atoms with van der Waals surface area (Å²) in [6, 6.07) is 30.8. The summed E-state index contributed by atoms with van der Waals surface area (Å²) in [6.07, 6.45) is 4.13. The number of phenolic OH excluding ortho intramolecular Hbond substituents is 2. The third-order valence-electron chi connectivity index (χ3n) is 6.72. The van der Waals surface area contributed by atoms with Gasteiger partial charge in [-0.3, -0.25) is 9.97 Å². The Morgan fingerprint density at radius 3 is 1.38 bits per heavy atom. The highest BCUT2D eigenvalue weighted by Crippen LogP contribution is 2.28. The molecule has 0 spiro atoms. The van der Waals surface area contributed by atoms with E-state index in [9.17, 15) is 10.2 Å². The lowest BCUT2D eigenvalue weighted by molar-refractivity contribution is 0.307. The summed E-state index contributed by atoms with van der Waals surface area (Å²) in [7, 11) is 0. The van der Waals surface area contributed by atoms with E-state index in [-0.39, 0.29) is 11.5 Å². The van der Waals surface area contributed by atoms with Gasteiger partial charge in [-0.15, -0.1) is 0 Å². The molecule has 0 amide bonds. The first-order valence-electron chi connectivity index (χ1n) is 12.7. The predicted octanol–water partition coefficient (Wildman–Crippen LogP) is 6.94. The third kappa shape index (κ3) is 5.31. The van der Waals surface area contributed by atoms with E-state index in [1.807, 2.05) is 60.7 Å². The van der Waals surface area contributed by atoms with Crippen LogP contribution in [0.1, 0.15) is 22.3 Å². The van der Waals surface area contributed by atoms with Crippen molar-refractivity contribution >= 4 is 21.8 Å². The smallest absolute Gasteiger partial charge is 0.141 e. The van der Waals surface area contributed by atoms with Gasteiger partial charge in [0.25, 0.3) is 0 Å². The van der Waals surface area contributed by atoms with Crippen LogP contribution in [0.5, 0.6) is 23.0 Å². The first-order valence-corrected chi connectivity index (χ1v) is 12.7. The molecule has 0 saturated carbocycles. The Morgan fingerprint density at radius 1 is 0.513 bits per heavy atom. The molecule has 2 heterocycles. The SMILES string of the molecule is Oc1ccc(COc2ccc(Cc3ccc(OCc4ccc(O)c5ncccc45)cc3)cc2)c2cccnc12. The zero-order chi connectivity index (χ0) is 26.6. The van der Waals surface area contributed by atoms with Crippen LogP contribution in [0.3, 0.4) is 0 Å². The quantitative estimate of drug-likeness (QED) is 0.229. The minimum absolute atomic E-state index is 0.168. The van der Waals surface area contributed by atoms with Crippen LogP contribution >= 0.6 is 0 Å². The van der Waals surface area contributed by atoms with Crippen LogP contribution in [0.25, 0.3) is 21.8 Å². The van der Waals surface area contributed by atoms with Crippen molar-refractivity contribution in [2.24, 2.45) is 0 Å². The van der Waals surface area contributed by atoms with Crippen molar-refractivity contribution in [1.29, 1.82) is 0 Å². The number of rotatable bonds is 8. The van der Waals surface area contributed by atoms with Crippen LogP contribution < -0.4 is 9.47 Å². The minimum atomic E-state index is 0.168. The summed E-state index contributed by atoms with van der Waals surface area (Å²) in [5.41, 5.74) is 5.46. The zero-order valence-electron chi connectivity index (χ0n) is 21.1. The van der Waals surface area contributed by atoms with E-state index in [1.165, 1.54) is 11.1 Å². The van der Waals surface area contributed by atoms with Gasteiger partial charge in [-0.25, -0.2) is 0 Å². The van der Waals surface area contributed by atoms with E-state index in [0.29, 0.717) is 24.2 Å². The molecule has 0 aliphatic rings. The highest BCUT2D eigenvalue weighted by atomic mass is 16.5. The number of hydrogen-bond acceptors (Lipinski definition) is 6. The monoisotopic (exact) mass is 514 g/mol. The van der Waals surface area contributed by atoms with Crippen LogP contribution in [-0.2, 0) is 19.6 Å². The highest BCUT2D eigenvalue weighted by Gasteiger charge is 2.08. The molecule has 4 aromatic carbocycles. The summed E-state index contributed by atoms with van der Waals surface area (Å²) < 4.78 is 12.0. The van der Waals surface area contributed by atoms with Crippen molar-refractivity contribution < 1.29 is 19.7 Å². The topological polar surface area (TPSA) is 84.7 Å². The van der Waals surface area contributed by atoms with Gasteiger partial charge in [-0.05, 0) is 77.2 Å². The molecule has 2 aromatic heterocycles. The Balaban J connectivity index is 1.06. The van der Waals surface area contributed by atoms with Crippen molar-refractivity contribution in [1.82, 2.24) is 9.97 Å². The van der Waals surface area contributed by atoms with E-state index >= 15 is 0 Å². The Labute approximate surface area is 225 Å². The average Bonchev–Trinajstić information content (AvgIpc) is 2.98. The van der Waals surface area contributed by atoms with Crippen molar-refractivity contribution in [3.63, 3.8) is 0 Å². The predicted molar refractivity (Wildman–Crippen MR) is 151 cm³/mol. The van der Waals surface area contributed by atoms with Gasteiger partial charge in [0.2, 0.25) is 0 Å². The van der Waals surface area contributed by atoms with Gasteiger partial charge in [-0.1, -0.05) is 48.5 Å². The number of hydrogen-bond donors (Lipinski definition) is 2. The maximum Gasteiger partial charge on any atom is 0.141 e. The molecule has 192 valence electrons. The first kappa shape index (κ1) is 24.2. The highest BCUT2D eigenvalue weighted by molar-refractivity contribution is 5.87. The lowest BCUT2D eigenvalue weighted by Gasteiger charge is -2.11. The molecule has 6 heteroatoms. The molecule has 0 aliphatic heterocycles. The van der Waals surface area contributed by atoms with Gasteiger partial charge >= 0.3 is 0 Å². The fourth-order valence-corrected chi connectivity index (χ4v) is 4.65. The molecule has 6 rings (SSSR count). The molecule has 0 bridgehead atoms. The second-order valence-corrected chi connectivity index (χ2v) is 9.33. The van der Waals surface area contributed by atoms with Crippen LogP contribution in [-0.4, -0.2) is 20.2 Å². The molecule has 0 saturated heterocycles. The summed E-state index contributed by atoms with van der Waals surface area (Å²) in [5, 5.41) is 21.9. The number of aromatic hydroxyl groups is 2. The van der Waals surface area contributed by atoms with E-state index in [0.717, 1.165) is 39.8 Å². The van der Waals surface area contributed by atoms with Crippen LogP contribution in [0.2, 0.25) is 0 Å². The molecule has 0 fully saturated rings. The van der Waals surface area contributed by atoms with Crippen molar-refractivity contribution in [3.8, 4) is 23.0 Å². The Bertz CT molecular complexity index is 1620. The molecular weight excluding hydrogens is 488 g/mol. The van der Waals surface area contributed by atoms with Gasteiger partial charge in [0.05, 0.1) is 0 Å². The number of benzene rings is 4. The average molecular weight is 515 g/mol. The molecule has 2 N–H and O–H groups in total. The molecule has 6 aromatic rings. The summed E-state index contributed by atoms with van der Waals surface area (Å²) in [6.45, 7) is 0.777. The second kappa shape index (κ2) is 10.7. The van der Waals surface area contributed by atoms with Crippen LogP contribution in [0, 0.1) is 0 Å². The maximum atomic E-state index is 10.0. The molecule has 6 nitrogen and oxygen atoms in total. The van der Waals surface area contributed by atoms with Crippen molar-refractivity contribution in [2.45, 2.75) is 19.6 Å². The number of aromatic nitrogens is 2. The minimum Gasteiger partial charge on any atom is -0.506 e. The van der Waals surface area contributed by atoms with E-state index in [2.05, 4.69) is 34.2 Å². The fourth-order valence-electron chi connectivity index (χ4n) is 4.65.